The summed E-state index contributed by atoms with van der Waals surface area (Å²) in [7, 11) is 0. The predicted molar refractivity (Wildman–Crippen MR) is 74.5 cm³/mol. The Morgan fingerprint density at radius 1 is 1.22 bits per heavy atom. The fourth-order valence-corrected chi connectivity index (χ4v) is 1.89. The lowest BCUT2D eigenvalue weighted by atomic mass is 10.1. The van der Waals surface area contributed by atoms with Gasteiger partial charge in [0.1, 0.15) is 11.5 Å². The molecule has 0 saturated heterocycles. The van der Waals surface area contributed by atoms with Crippen LogP contribution in [0.2, 0.25) is 0 Å². The number of nitrogens with zero attached hydrogens (tertiary/aromatic N) is 1. The highest BCUT2D eigenvalue weighted by Crippen LogP contribution is 2.24. The Bertz CT molecular complexity index is 590. The van der Waals surface area contributed by atoms with E-state index >= 15 is 0 Å². The Hall–Kier alpha value is -2.36. The van der Waals surface area contributed by atoms with Crippen molar-refractivity contribution < 1.29 is 0 Å². The van der Waals surface area contributed by atoms with E-state index in [1.54, 1.807) is 0 Å². The van der Waals surface area contributed by atoms with E-state index in [-0.39, 0.29) is 5.84 Å². The third kappa shape index (κ3) is 2.18. The molecule has 0 aliphatic rings. The van der Waals surface area contributed by atoms with Gasteiger partial charge in [-0.15, -0.1) is 0 Å². The van der Waals surface area contributed by atoms with Crippen molar-refractivity contribution >= 4 is 11.5 Å². The molecule has 0 fully saturated rings. The summed E-state index contributed by atoms with van der Waals surface area (Å²) >= 11 is 0. The van der Waals surface area contributed by atoms with Crippen LogP contribution in [0, 0.1) is 5.41 Å². The van der Waals surface area contributed by atoms with Gasteiger partial charge in [0.05, 0.1) is 5.69 Å². The summed E-state index contributed by atoms with van der Waals surface area (Å²) in [5.74, 6) is -0.0109. The summed E-state index contributed by atoms with van der Waals surface area (Å²) in [5, 5.41) is 7.58. The molecule has 0 spiro atoms. The van der Waals surface area contributed by atoms with E-state index in [4.69, 9.17) is 16.9 Å². The number of anilines is 1. The number of nitrogen functional groups attached to an aromatic ring is 2. The van der Waals surface area contributed by atoms with Crippen LogP contribution in [-0.4, -0.2) is 10.8 Å². The number of aromatic nitrogens is 1. The summed E-state index contributed by atoms with van der Waals surface area (Å²) < 4.78 is 0. The summed E-state index contributed by atoms with van der Waals surface area (Å²) in [4.78, 5) is 4.44. The van der Waals surface area contributed by atoms with Gasteiger partial charge in [-0.05, 0) is 24.1 Å². The van der Waals surface area contributed by atoms with Crippen molar-refractivity contribution in [3.8, 4) is 11.3 Å². The monoisotopic (exact) mass is 240 g/mol. The van der Waals surface area contributed by atoms with Crippen LogP contribution < -0.4 is 11.5 Å². The van der Waals surface area contributed by atoms with E-state index in [1.165, 1.54) is 0 Å². The molecule has 2 aromatic rings. The molecular weight excluding hydrogens is 224 g/mol. The van der Waals surface area contributed by atoms with Gasteiger partial charge in [0.15, 0.2) is 0 Å². The third-order valence-corrected chi connectivity index (χ3v) is 2.85. The molecule has 0 aliphatic heterocycles. The van der Waals surface area contributed by atoms with Crippen LogP contribution in [0.5, 0.6) is 0 Å². The average molecular weight is 240 g/mol. The Morgan fingerprint density at radius 3 is 2.56 bits per heavy atom. The molecule has 92 valence electrons. The minimum atomic E-state index is -0.0109. The highest BCUT2D eigenvalue weighted by molar-refractivity contribution is 5.95. The van der Waals surface area contributed by atoms with Crippen molar-refractivity contribution in [1.82, 2.24) is 4.98 Å². The SMILES string of the molecule is CCc1ccc(-c2ccccc2N)nc1C(=N)N. The first-order valence-electron chi connectivity index (χ1n) is 5.82. The second kappa shape index (κ2) is 4.87. The van der Waals surface area contributed by atoms with Gasteiger partial charge in [-0.1, -0.05) is 31.2 Å². The van der Waals surface area contributed by atoms with Gasteiger partial charge in [-0.3, -0.25) is 5.41 Å². The van der Waals surface area contributed by atoms with Crippen molar-refractivity contribution in [2.45, 2.75) is 13.3 Å². The molecule has 5 N–H and O–H groups in total. The summed E-state index contributed by atoms with van der Waals surface area (Å²) in [5.41, 5.74) is 15.3. The largest absolute Gasteiger partial charge is 0.398 e. The Balaban J connectivity index is 2.57. The molecule has 1 aromatic carbocycles. The Kier molecular flexibility index (Phi) is 3.28. The number of hydrogen-bond donors (Lipinski definition) is 3. The van der Waals surface area contributed by atoms with Gasteiger partial charge in [-0.25, -0.2) is 4.98 Å². The van der Waals surface area contributed by atoms with E-state index < -0.39 is 0 Å². The van der Waals surface area contributed by atoms with Gasteiger partial charge >= 0.3 is 0 Å². The number of hydrogen-bond acceptors (Lipinski definition) is 3. The molecule has 0 radical (unpaired) electrons. The second-order valence-corrected chi connectivity index (χ2v) is 4.06. The van der Waals surface area contributed by atoms with Crippen LogP contribution in [0.4, 0.5) is 5.69 Å². The maximum absolute atomic E-state index is 7.58. The van der Waals surface area contributed by atoms with E-state index in [1.807, 2.05) is 43.3 Å². The van der Waals surface area contributed by atoms with Crippen LogP contribution in [-0.2, 0) is 6.42 Å². The normalized spacial score (nSPS) is 10.3. The van der Waals surface area contributed by atoms with Crippen molar-refractivity contribution in [2.75, 3.05) is 5.73 Å². The minimum Gasteiger partial charge on any atom is -0.398 e. The van der Waals surface area contributed by atoms with Gasteiger partial charge in [0.25, 0.3) is 0 Å². The molecule has 0 unspecified atom stereocenters. The molecule has 0 bridgehead atoms. The number of rotatable bonds is 3. The first-order chi connectivity index (χ1) is 8.63. The van der Waals surface area contributed by atoms with Gasteiger partial charge in [0.2, 0.25) is 0 Å². The number of para-hydroxylation sites is 1. The van der Waals surface area contributed by atoms with Gasteiger partial charge in [-0.2, -0.15) is 0 Å². The van der Waals surface area contributed by atoms with E-state index in [0.717, 1.165) is 23.2 Å². The smallest absolute Gasteiger partial charge is 0.142 e. The highest BCUT2D eigenvalue weighted by atomic mass is 14.8. The van der Waals surface area contributed by atoms with Crippen molar-refractivity contribution in [2.24, 2.45) is 5.73 Å². The lowest BCUT2D eigenvalue weighted by Gasteiger charge is -2.09. The maximum atomic E-state index is 7.58. The molecule has 4 nitrogen and oxygen atoms in total. The molecule has 1 aromatic heterocycles. The predicted octanol–water partition coefficient (Wildman–Crippen LogP) is 2.18. The summed E-state index contributed by atoms with van der Waals surface area (Å²) in [6.45, 7) is 2.01. The molecule has 0 atom stereocenters. The number of aryl methyl sites for hydroxylation is 1. The molecule has 18 heavy (non-hydrogen) atoms. The van der Waals surface area contributed by atoms with E-state index in [0.29, 0.717) is 11.4 Å². The lowest BCUT2D eigenvalue weighted by molar-refractivity contribution is 1.08. The van der Waals surface area contributed by atoms with Crippen LogP contribution in [0.3, 0.4) is 0 Å². The molecule has 2 rings (SSSR count). The van der Waals surface area contributed by atoms with Crippen LogP contribution >= 0.6 is 0 Å². The van der Waals surface area contributed by atoms with Crippen molar-refractivity contribution in [3.05, 3.63) is 47.7 Å². The van der Waals surface area contributed by atoms with Crippen molar-refractivity contribution in [1.29, 1.82) is 5.41 Å². The van der Waals surface area contributed by atoms with Gasteiger partial charge < -0.3 is 11.5 Å². The molecule has 0 aliphatic carbocycles. The molecule has 0 amide bonds. The van der Waals surface area contributed by atoms with E-state index in [9.17, 15) is 0 Å². The topological polar surface area (TPSA) is 88.8 Å². The first kappa shape index (κ1) is 12.1. The van der Waals surface area contributed by atoms with E-state index in [2.05, 4.69) is 4.98 Å². The number of amidine groups is 1. The number of pyridine rings is 1. The van der Waals surface area contributed by atoms with Crippen LogP contribution in [0.25, 0.3) is 11.3 Å². The molecule has 0 saturated carbocycles. The standard InChI is InChI=1S/C14H16N4/c1-2-9-7-8-12(18-13(9)14(16)17)10-5-3-4-6-11(10)15/h3-8H,2,15H2,1H3,(H3,16,17). The van der Waals surface area contributed by atoms with Crippen LogP contribution in [0.1, 0.15) is 18.2 Å². The average Bonchev–Trinajstić information content (AvgIpc) is 2.38. The zero-order valence-electron chi connectivity index (χ0n) is 10.3. The number of benzene rings is 1. The fraction of sp³-hybridized carbons (Fsp3) is 0.143. The third-order valence-electron chi connectivity index (χ3n) is 2.85. The number of nitrogens with one attached hydrogen (secondary N) is 1. The summed E-state index contributed by atoms with van der Waals surface area (Å²) in [6.07, 6.45) is 0.798. The van der Waals surface area contributed by atoms with Crippen LogP contribution in [0.15, 0.2) is 36.4 Å². The minimum absolute atomic E-state index is 0.0109. The first-order valence-corrected chi connectivity index (χ1v) is 5.82. The highest BCUT2D eigenvalue weighted by Gasteiger charge is 2.09. The zero-order valence-corrected chi connectivity index (χ0v) is 10.3. The second-order valence-electron chi connectivity index (χ2n) is 4.06. The fourth-order valence-electron chi connectivity index (χ4n) is 1.89. The van der Waals surface area contributed by atoms with Crippen molar-refractivity contribution in [3.63, 3.8) is 0 Å². The maximum Gasteiger partial charge on any atom is 0.142 e. The Morgan fingerprint density at radius 2 is 1.94 bits per heavy atom. The quantitative estimate of drug-likeness (QED) is 0.436. The molecule has 1 heterocycles. The zero-order chi connectivity index (χ0) is 13.1. The lowest BCUT2D eigenvalue weighted by Crippen LogP contribution is -2.16. The molecular formula is C14H16N4. The van der Waals surface area contributed by atoms with Gasteiger partial charge in [0, 0.05) is 11.3 Å². The summed E-state index contributed by atoms with van der Waals surface area (Å²) in [6, 6.07) is 11.4. The molecule has 4 heteroatoms. The number of nitrogens with two attached hydrogens (primary N) is 2. The Labute approximate surface area is 106 Å².